The van der Waals surface area contributed by atoms with Crippen molar-refractivity contribution in [3.05, 3.63) is 51.4 Å². The summed E-state index contributed by atoms with van der Waals surface area (Å²) < 4.78 is 1.34. The monoisotopic (exact) mass is 397 g/mol. The van der Waals surface area contributed by atoms with E-state index in [0.717, 1.165) is 41.3 Å². The van der Waals surface area contributed by atoms with Gasteiger partial charge in [-0.25, -0.2) is 4.98 Å². The lowest BCUT2D eigenvalue weighted by atomic mass is 9.97. The number of anilines is 2. The standard InChI is InChI=1S/C20H23N5O2S/c1-12-7-13(2)9-16(8-12)22-18(27)15-5-4-6-24(11-15)20-23-25-17(26)10-14(3)21-19(25)28-20/h7-10,15H,4-6,11H2,1-3H3,(H,22,27). The molecule has 0 saturated carbocycles. The minimum atomic E-state index is -0.175. The Morgan fingerprint density at radius 1 is 1.18 bits per heavy atom. The molecule has 146 valence electrons. The Kier molecular flexibility index (Phi) is 4.89. The van der Waals surface area contributed by atoms with Crippen LogP contribution in [0.1, 0.15) is 29.7 Å². The minimum absolute atomic E-state index is 0.0296. The van der Waals surface area contributed by atoms with Gasteiger partial charge < -0.3 is 10.2 Å². The normalized spacial score (nSPS) is 17.1. The first-order chi connectivity index (χ1) is 13.4. The number of amides is 1. The van der Waals surface area contributed by atoms with Gasteiger partial charge in [0.2, 0.25) is 16.0 Å². The molecule has 8 heteroatoms. The van der Waals surface area contributed by atoms with Crippen LogP contribution in [-0.2, 0) is 4.79 Å². The molecular formula is C20H23N5O2S. The maximum absolute atomic E-state index is 12.8. The molecule has 28 heavy (non-hydrogen) atoms. The summed E-state index contributed by atoms with van der Waals surface area (Å²) >= 11 is 1.39. The predicted octanol–water partition coefficient (Wildman–Crippen LogP) is 2.93. The van der Waals surface area contributed by atoms with E-state index in [-0.39, 0.29) is 17.4 Å². The second-order valence-electron chi connectivity index (χ2n) is 7.47. The Bertz CT molecular complexity index is 1080. The van der Waals surface area contributed by atoms with E-state index in [9.17, 15) is 9.59 Å². The lowest BCUT2D eigenvalue weighted by molar-refractivity contribution is -0.120. The van der Waals surface area contributed by atoms with E-state index in [1.54, 1.807) is 6.92 Å². The molecule has 1 aliphatic heterocycles. The number of hydrogen-bond donors (Lipinski definition) is 1. The third kappa shape index (κ3) is 3.77. The van der Waals surface area contributed by atoms with Gasteiger partial charge in [-0.05, 0) is 56.9 Å². The van der Waals surface area contributed by atoms with Crippen LogP contribution in [0.15, 0.2) is 29.1 Å². The van der Waals surface area contributed by atoms with Crippen LogP contribution in [0.3, 0.4) is 0 Å². The number of fused-ring (bicyclic) bond motifs is 1. The number of nitrogens with zero attached hydrogens (tertiary/aromatic N) is 4. The van der Waals surface area contributed by atoms with E-state index in [0.29, 0.717) is 17.2 Å². The van der Waals surface area contributed by atoms with Crippen LogP contribution in [0.2, 0.25) is 0 Å². The summed E-state index contributed by atoms with van der Waals surface area (Å²) in [6.45, 7) is 7.26. The summed E-state index contributed by atoms with van der Waals surface area (Å²) in [5.74, 6) is -0.0880. The molecule has 2 aromatic heterocycles. The van der Waals surface area contributed by atoms with E-state index >= 15 is 0 Å². The first-order valence-corrected chi connectivity index (χ1v) is 10.2. The molecule has 1 saturated heterocycles. The Labute approximate surface area is 167 Å². The highest BCUT2D eigenvalue weighted by molar-refractivity contribution is 7.20. The van der Waals surface area contributed by atoms with E-state index in [2.05, 4.69) is 26.4 Å². The van der Waals surface area contributed by atoms with Gasteiger partial charge in [0.25, 0.3) is 5.56 Å². The van der Waals surface area contributed by atoms with Crippen LogP contribution in [0.5, 0.6) is 0 Å². The molecule has 4 rings (SSSR count). The fourth-order valence-corrected chi connectivity index (χ4v) is 4.68. The molecule has 1 aromatic carbocycles. The van der Waals surface area contributed by atoms with E-state index < -0.39 is 0 Å². The van der Waals surface area contributed by atoms with Crippen LogP contribution in [-0.4, -0.2) is 33.6 Å². The summed E-state index contributed by atoms with van der Waals surface area (Å²) in [5.41, 5.74) is 3.60. The van der Waals surface area contributed by atoms with Crippen molar-refractivity contribution in [1.29, 1.82) is 0 Å². The average Bonchev–Trinajstić information content (AvgIpc) is 3.05. The van der Waals surface area contributed by atoms with Crippen molar-refractivity contribution in [1.82, 2.24) is 14.6 Å². The van der Waals surface area contributed by atoms with E-state index in [4.69, 9.17) is 0 Å². The Morgan fingerprint density at radius 2 is 1.93 bits per heavy atom. The van der Waals surface area contributed by atoms with Gasteiger partial charge >= 0.3 is 0 Å². The maximum Gasteiger partial charge on any atom is 0.275 e. The molecule has 7 nitrogen and oxygen atoms in total. The van der Waals surface area contributed by atoms with Gasteiger partial charge in [-0.3, -0.25) is 9.59 Å². The lowest BCUT2D eigenvalue weighted by Gasteiger charge is -2.31. The van der Waals surface area contributed by atoms with Crippen molar-refractivity contribution in [2.45, 2.75) is 33.6 Å². The van der Waals surface area contributed by atoms with Crippen molar-refractivity contribution in [3.63, 3.8) is 0 Å². The van der Waals surface area contributed by atoms with Crippen LogP contribution >= 0.6 is 11.3 Å². The second kappa shape index (κ2) is 7.35. The number of nitrogens with one attached hydrogen (secondary N) is 1. The number of aromatic nitrogens is 3. The third-order valence-corrected chi connectivity index (χ3v) is 5.88. The number of rotatable bonds is 3. The van der Waals surface area contributed by atoms with Crippen molar-refractivity contribution < 1.29 is 4.79 Å². The van der Waals surface area contributed by atoms with Gasteiger partial charge in [-0.15, -0.1) is 5.10 Å². The minimum Gasteiger partial charge on any atom is -0.346 e. The molecule has 0 aliphatic carbocycles. The number of benzene rings is 1. The SMILES string of the molecule is Cc1cc(C)cc(NC(=O)C2CCCN(c3nn4c(=O)cc(C)nc4s3)C2)c1. The molecule has 1 atom stereocenters. The molecule has 1 unspecified atom stereocenters. The quantitative estimate of drug-likeness (QED) is 0.735. The Morgan fingerprint density at radius 3 is 2.68 bits per heavy atom. The maximum atomic E-state index is 12.8. The zero-order valence-corrected chi connectivity index (χ0v) is 17.0. The number of carbonyl (C=O) groups excluding carboxylic acids is 1. The highest BCUT2D eigenvalue weighted by Gasteiger charge is 2.28. The highest BCUT2D eigenvalue weighted by atomic mass is 32.1. The largest absolute Gasteiger partial charge is 0.346 e. The topological polar surface area (TPSA) is 79.6 Å². The van der Waals surface area contributed by atoms with Gasteiger partial charge in [0.15, 0.2) is 0 Å². The molecule has 3 aromatic rings. The van der Waals surface area contributed by atoms with Gasteiger partial charge in [-0.1, -0.05) is 17.4 Å². The number of carbonyl (C=O) groups is 1. The zero-order valence-electron chi connectivity index (χ0n) is 16.2. The summed E-state index contributed by atoms with van der Waals surface area (Å²) in [7, 11) is 0. The summed E-state index contributed by atoms with van der Waals surface area (Å²) in [5, 5.41) is 8.23. The van der Waals surface area contributed by atoms with Crippen molar-refractivity contribution in [2.24, 2.45) is 5.92 Å². The van der Waals surface area contributed by atoms with Gasteiger partial charge in [0, 0.05) is 30.5 Å². The zero-order chi connectivity index (χ0) is 19.8. The van der Waals surface area contributed by atoms with Crippen molar-refractivity contribution in [3.8, 4) is 0 Å². The third-order valence-electron chi connectivity index (χ3n) is 4.91. The summed E-state index contributed by atoms with van der Waals surface area (Å²) in [4.78, 5) is 32.0. The molecule has 0 bridgehead atoms. The summed E-state index contributed by atoms with van der Waals surface area (Å²) in [6.07, 6.45) is 1.75. The fraction of sp³-hybridized carbons (Fsp3) is 0.400. The van der Waals surface area contributed by atoms with E-state index in [1.165, 1.54) is 21.9 Å². The molecule has 0 radical (unpaired) electrons. The lowest BCUT2D eigenvalue weighted by Crippen LogP contribution is -2.40. The molecular weight excluding hydrogens is 374 g/mol. The smallest absolute Gasteiger partial charge is 0.275 e. The van der Waals surface area contributed by atoms with Crippen LogP contribution < -0.4 is 15.8 Å². The van der Waals surface area contributed by atoms with Gasteiger partial charge in [-0.2, -0.15) is 4.52 Å². The van der Waals surface area contributed by atoms with Crippen LogP contribution in [0.4, 0.5) is 10.8 Å². The van der Waals surface area contributed by atoms with Gasteiger partial charge in [0.1, 0.15) is 0 Å². The number of piperidine rings is 1. The first kappa shape index (κ1) is 18.6. The molecule has 1 amide bonds. The fourth-order valence-electron chi connectivity index (χ4n) is 3.69. The number of hydrogen-bond acceptors (Lipinski definition) is 6. The first-order valence-electron chi connectivity index (χ1n) is 9.41. The predicted molar refractivity (Wildman–Crippen MR) is 111 cm³/mol. The van der Waals surface area contributed by atoms with Gasteiger partial charge in [0.05, 0.1) is 5.92 Å². The van der Waals surface area contributed by atoms with Crippen LogP contribution in [0.25, 0.3) is 4.96 Å². The Hall–Kier alpha value is -2.74. The average molecular weight is 398 g/mol. The van der Waals surface area contributed by atoms with Crippen molar-refractivity contribution >= 4 is 33.0 Å². The van der Waals surface area contributed by atoms with E-state index in [1.807, 2.05) is 26.0 Å². The Balaban J connectivity index is 1.52. The van der Waals surface area contributed by atoms with Crippen molar-refractivity contribution in [2.75, 3.05) is 23.3 Å². The molecule has 0 spiro atoms. The summed E-state index contributed by atoms with van der Waals surface area (Å²) in [6, 6.07) is 7.54. The molecule has 3 heterocycles. The van der Waals surface area contributed by atoms with Crippen LogP contribution in [0, 0.1) is 26.7 Å². The second-order valence-corrected chi connectivity index (χ2v) is 8.40. The highest BCUT2D eigenvalue weighted by Crippen LogP contribution is 2.27. The molecule has 1 N–H and O–H groups in total. The number of aryl methyl sites for hydroxylation is 3. The molecule has 1 fully saturated rings. The molecule has 1 aliphatic rings.